The van der Waals surface area contributed by atoms with Crippen LogP contribution in [0.5, 0.6) is 17.2 Å². The van der Waals surface area contributed by atoms with Crippen molar-refractivity contribution in [3.05, 3.63) is 58.6 Å². The standard InChI is InChI=1S/C30H38ClFN6O3/c1-39-25-16-21(5-7-24(25)38-12-8-22(9-13-38)37-14-10-33-11-15-37)36-30-34-18-20(19-35-30)4-6-23-28(31)26(40-2)17-27(41-3)29(23)32/h5,7,16-19,22,33H,4,6,8-15H2,1-3H3,(H,34,35,36). The van der Waals surface area contributed by atoms with Gasteiger partial charge in [-0.15, -0.1) is 0 Å². The van der Waals surface area contributed by atoms with E-state index in [0.29, 0.717) is 36.1 Å². The Morgan fingerprint density at radius 3 is 2.27 bits per heavy atom. The van der Waals surface area contributed by atoms with Gasteiger partial charge < -0.3 is 29.7 Å². The van der Waals surface area contributed by atoms with E-state index in [2.05, 4.69) is 36.5 Å². The fourth-order valence-corrected chi connectivity index (χ4v) is 5.95. The molecule has 9 nitrogen and oxygen atoms in total. The van der Waals surface area contributed by atoms with Crippen molar-refractivity contribution in [1.82, 2.24) is 20.2 Å². The molecule has 3 aromatic rings. The molecule has 2 aliphatic rings. The smallest absolute Gasteiger partial charge is 0.227 e. The van der Waals surface area contributed by atoms with Gasteiger partial charge >= 0.3 is 0 Å². The zero-order chi connectivity index (χ0) is 28.8. The number of halogens is 2. The summed E-state index contributed by atoms with van der Waals surface area (Å²) in [5.74, 6) is 1.27. The lowest BCUT2D eigenvalue weighted by molar-refractivity contribution is 0.150. The number of anilines is 3. The van der Waals surface area contributed by atoms with E-state index in [0.717, 1.165) is 74.8 Å². The molecular formula is C30H38ClFN6O3. The van der Waals surface area contributed by atoms with Crippen LogP contribution in [0.1, 0.15) is 24.0 Å². The Hall–Kier alpha value is -3.34. The molecule has 2 N–H and O–H groups in total. The average Bonchev–Trinajstić information content (AvgIpc) is 3.02. The first-order chi connectivity index (χ1) is 20.0. The van der Waals surface area contributed by atoms with Gasteiger partial charge in [0.05, 0.1) is 32.0 Å². The van der Waals surface area contributed by atoms with Crippen molar-refractivity contribution in [1.29, 1.82) is 0 Å². The van der Waals surface area contributed by atoms with Crippen LogP contribution in [0.3, 0.4) is 0 Å². The third-order valence-electron chi connectivity index (χ3n) is 7.94. The molecule has 0 saturated carbocycles. The molecule has 11 heteroatoms. The van der Waals surface area contributed by atoms with E-state index in [4.69, 9.17) is 25.8 Å². The van der Waals surface area contributed by atoms with Crippen LogP contribution < -0.4 is 29.7 Å². The predicted molar refractivity (Wildman–Crippen MR) is 160 cm³/mol. The highest BCUT2D eigenvalue weighted by Gasteiger charge is 2.27. The molecule has 0 atom stereocenters. The summed E-state index contributed by atoms with van der Waals surface area (Å²) >= 11 is 6.37. The number of piperazine rings is 1. The van der Waals surface area contributed by atoms with Gasteiger partial charge in [-0.3, -0.25) is 4.90 Å². The zero-order valence-corrected chi connectivity index (χ0v) is 24.6. The van der Waals surface area contributed by atoms with Gasteiger partial charge in [0.2, 0.25) is 5.95 Å². The molecule has 220 valence electrons. The molecule has 0 radical (unpaired) electrons. The Bertz CT molecular complexity index is 1290. The molecule has 0 bridgehead atoms. The highest BCUT2D eigenvalue weighted by molar-refractivity contribution is 6.33. The van der Waals surface area contributed by atoms with Crippen LogP contribution in [0.15, 0.2) is 36.7 Å². The van der Waals surface area contributed by atoms with Crippen molar-refractivity contribution in [2.24, 2.45) is 0 Å². The quantitative estimate of drug-likeness (QED) is 0.352. The minimum atomic E-state index is -0.487. The van der Waals surface area contributed by atoms with Gasteiger partial charge in [-0.1, -0.05) is 11.6 Å². The molecule has 41 heavy (non-hydrogen) atoms. The second-order valence-corrected chi connectivity index (χ2v) is 10.7. The largest absolute Gasteiger partial charge is 0.495 e. The van der Waals surface area contributed by atoms with Crippen molar-refractivity contribution in [3.8, 4) is 17.2 Å². The van der Waals surface area contributed by atoms with Crippen molar-refractivity contribution < 1.29 is 18.6 Å². The number of benzene rings is 2. The Morgan fingerprint density at radius 2 is 1.61 bits per heavy atom. The lowest BCUT2D eigenvalue weighted by Crippen LogP contribution is -2.52. The first-order valence-corrected chi connectivity index (χ1v) is 14.4. The van der Waals surface area contributed by atoms with Crippen LogP contribution in [0.2, 0.25) is 5.02 Å². The monoisotopic (exact) mass is 584 g/mol. The minimum absolute atomic E-state index is 0.0956. The summed E-state index contributed by atoms with van der Waals surface area (Å²) in [4.78, 5) is 14.0. The van der Waals surface area contributed by atoms with E-state index in [1.807, 2.05) is 12.1 Å². The van der Waals surface area contributed by atoms with Crippen LogP contribution in [0.25, 0.3) is 0 Å². The summed E-state index contributed by atoms with van der Waals surface area (Å²) in [7, 11) is 4.60. The van der Waals surface area contributed by atoms with Crippen LogP contribution in [0.4, 0.5) is 21.7 Å². The number of aryl methyl sites for hydroxylation is 1. The molecule has 2 saturated heterocycles. The summed E-state index contributed by atoms with van der Waals surface area (Å²) in [6, 6.07) is 8.22. The first kappa shape index (κ1) is 29.2. The maximum atomic E-state index is 14.8. The predicted octanol–water partition coefficient (Wildman–Crippen LogP) is 4.70. The third kappa shape index (κ3) is 6.77. The molecule has 3 heterocycles. The topological polar surface area (TPSA) is 84.0 Å². The van der Waals surface area contributed by atoms with Gasteiger partial charge in [0.1, 0.15) is 11.5 Å². The number of rotatable bonds is 10. The second-order valence-electron chi connectivity index (χ2n) is 10.3. The van der Waals surface area contributed by atoms with E-state index in [1.165, 1.54) is 20.3 Å². The summed E-state index contributed by atoms with van der Waals surface area (Å²) in [5, 5.41) is 6.95. The summed E-state index contributed by atoms with van der Waals surface area (Å²) in [6.45, 7) is 6.48. The Kier molecular flexibility index (Phi) is 9.64. The van der Waals surface area contributed by atoms with E-state index in [1.54, 1.807) is 19.5 Å². The van der Waals surface area contributed by atoms with Crippen LogP contribution in [0, 0.1) is 5.82 Å². The number of ether oxygens (including phenoxy) is 3. The Morgan fingerprint density at radius 1 is 0.927 bits per heavy atom. The first-order valence-electron chi connectivity index (χ1n) is 14.0. The number of nitrogens with one attached hydrogen (secondary N) is 2. The van der Waals surface area contributed by atoms with Gasteiger partial charge in [-0.05, 0) is 43.4 Å². The molecule has 2 aliphatic heterocycles. The van der Waals surface area contributed by atoms with Crippen molar-refractivity contribution in [2.45, 2.75) is 31.7 Å². The van der Waals surface area contributed by atoms with Gasteiger partial charge in [0.15, 0.2) is 11.6 Å². The molecular weight excluding hydrogens is 547 g/mol. The molecule has 0 amide bonds. The minimum Gasteiger partial charge on any atom is -0.495 e. The Balaban J connectivity index is 1.19. The maximum absolute atomic E-state index is 14.8. The number of methoxy groups -OCH3 is 3. The van der Waals surface area contributed by atoms with Gasteiger partial charge in [0, 0.05) is 81.1 Å². The average molecular weight is 585 g/mol. The van der Waals surface area contributed by atoms with E-state index in [9.17, 15) is 4.39 Å². The zero-order valence-electron chi connectivity index (χ0n) is 23.9. The fraction of sp³-hybridized carbons (Fsp3) is 0.467. The summed E-state index contributed by atoms with van der Waals surface area (Å²) in [5.41, 5.74) is 3.13. The summed E-state index contributed by atoms with van der Waals surface area (Å²) in [6.07, 6.45) is 6.63. The molecule has 5 rings (SSSR count). The third-order valence-corrected chi connectivity index (χ3v) is 8.36. The SMILES string of the molecule is COc1cc(Nc2ncc(CCc3c(F)c(OC)cc(OC)c3Cl)cn2)ccc1N1CCC(N2CCNCC2)CC1. The molecule has 0 spiro atoms. The number of nitrogens with zero attached hydrogens (tertiary/aromatic N) is 4. The highest BCUT2D eigenvalue weighted by Crippen LogP contribution is 2.37. The maximum Gasteiger partial charge on any atom is 0.227 e. The van der Waals surface area contributed by atoms with Crippen LogP contribution in [-0.4, -0.2) is 81.5 Å². The molecule has 2 fully saturated rings. The number of piperidine rings is 1. The van der Waals surface area contributed by atoms with E-state index in [-0.39, 0.29) is 10.8 Å². The lowest BCUT2D eigenvalue weighted by Gasteiger charge is -2.41. The van der Waals surface area contributed by atoms with E-state index >= 15 is 0 Å². The molecule has 1 aromatic heterocycles. The summed E-state index contributed by atoms with van der Waals surface area (Å²) < 4.78 is 31.0. The van der Waals surface area contributed by atoms with Crippen molar-refractivity contribution in [2.75, 3.05) is 70.8 Å². The molecule has 0 unspecified atom stereocenters. The van der Waals surface area contributed by atoms with Crippen molar-refractivity contribution in [3.63, 3.8) is 0 Å². The lowest BCUT2D eigenvalue weighted by atomic mass is 10.0. The van der Waals surface area contributed by atoms with Gasteiger partial charge in [-0.25, -0.2) is 14.4 Å². The number of hydrogen-bond donors (Lipinski definition) is 2. The molecule has 0 aliphatic carbocycles. The van der Waals surface area contributed by atoms with Gasteiger partial charge in [0.25, 0.3) is 0 Å². The van der Waals surface area contributed by atoms with Crippen LogP contribution >= 0.6 is 11.6 Å². The highest BCUT2D eigenvalue weighted by atomic mass is 35.5. The van der Waals surface area contributed by atoms with Crippen LogP contribution in [-0.2, 0) is 12.8 Å². The Labute approximate surface area is 246 Å². The van der Waals surface area contributed by atoms with Crippen molar-refractivity contribution >= 4 is 28.9 Å². The van der Waals surface area contributed by atoms with E-state index < -0.39 is 5.82 Å². The fourth-order valence-electron chi connectivity index (χ4n) is 5.64. The number of aromatic nitrogens is 2. The normalized spacial score (nSPS) is 16.5. The molecule has 2 aromatic carbocycles. The second kappa shape index (κ2) is 13.5. The van der Waals surface area contributed by atoms with Gasteiger partial charge in [-0.2, -0.15) is 0 Å². The number of hydrogen-bond acceptors (Lipinski definition) is 9.